The van der Waals surface area contributed by atoms with Gasteiger partial charge in [0.2, 0.25) is 0 Å². The Balaban J connectivity index is 2.48. The highest BCUT2D eigenvalue weighted by Crippen LogP contribution is 2.07. The number of anilines is 1. The monoisotopic (exact) mass is 239 g/mol. The number of nitrogens with zero attached hydrogens (tertiary/aromatic N) is 1. The van der Waals surface area contributed by atoms with Crippen LogP contribution in [0.1, 0.15) is 10.4 Å². The zero-order valence-electron chi connectivity index (χ0n) is 9.30. The molecule has 17 heavy (non-hydrogen) atoms. The fourth-order valence-corrected chi connectivity index (χ4v) is 1.10. The summed E-state index contributed by atoms with van der Waals surface area (Å²) >= 11 is 0. The van der Waals surface area contributed by atoms with Gasteiger partial charge in [-0.15, -0.1) is 0 Å². The number of hydrogen-bond acceptors (Lipinski definition) is 6. The van der Waals surface area contributed by atoms with Crippen LogP contribution in [0.4, 0.5) is 10.6 Å². The van der Waals surface area contributed by atoms with Crippen LogP contribution in [0, 0.1) is 0 Å². The maximum atomic E-state index is 11.2. The fraction of sp³-hybridized carbons (Fsp3) is 0.300. The van der Waals surface area contributed by atoms with Gasteiger partial charge < -0.3 is 20.5 Å². The zero-order chi connectivity index (χ0) is 12.7. The molecule has 0 radical (unpaired) electrons. The molecule has 1 amide bonds. The summed E-state index contributed by atoms with van der Waals surface area (Å²) < 4.78 is 9.09. The Hall–Kier alpha value is -2.31. The average Bonchev–Trinajstić information content (AvgIpc) is 2.34. The minimum Gasteiger partial charge on any atom is -0.465 e. The number of primary amides is 1. The minimum atomic E-state index is -0.830. The van der Waals surface area contributed by atoms with Gasteiger partial charge >= 0.3 is 12.1 Å². The van der Waals surface area contributed by atoms with Gasteiger partial charge in [0.1, 0.15) is 12.4 Å². The third kappa shape index (κ3) is 4.37. The van der Waals surface area contributed by atoms with Crippen molar-refractivity contribution in [3.63, 3.8) is 0 Å². The van der Waals surface area contributed by atoms with Crippen LogP contribution in [-0.4, -0.2) is 37.3 Å². The summed E-state index contributed by atoms with van der Waals surface area (Å²) in [7, 11) is 1.30. The first kappa shape index (κ1) is 12.8. The second-order valence-electron chi connectivity index (χ2n) is 3.02. The largest absolute Gasteiger partial charge is 0.465 e. The number of nitrogens with one attached hydrogen (secondary N) is 1. The lowest BCUT2D eigenvalue weighted by Gasteiger charge is -2.06. The predicted octanol–water partition coefficient (Wildman–Crippen LogP) is 0.375. The molecule has 7 nitrogen and oxygen atoms in total. The highest BCUT2D eigenvalue weighted by molar-refractivity contribution is 5.89. The second kappa shape index (κ2) is 6.31. The Kier molecular flexibility index (Phi) is 4.74. The van der Waals surface area contributed by atoms with Crippen molar-refractivity contribution >= 4 is 17.9 Å². The molecule has 3 N–H and O–H groups in total. The predicted molar refractivity (Wildman–Crippen MR) is 59.6 cm³/mol. The number of ether oxygens (including phenoxy) is 2. The number of nitrogens with two attached hydrogens (primary N) is 1. The molecule has 0 atom stereocenters. The quantitative estimate of drug-likeness (QED) is 0.568. The highest BCUT2D eigenvalue weighted by Gasteiger charge is 2.05. The minimum absolute atomic E-state index is 0.124. The molecule has 0 aliphatic rings. The van der Waals surface area contributed by atoms with E-state index in [1.165, 1.54) is 25.4 Å². The van der Waals surface area contributed by atoms with Crippen molar-refractivity contribution in [1.82, 2.24) is 4.98 Å². The van der Waals surface area contributed by atoms with E-state index in [0.29, 0.717) is 17.9 Å². The molecule has 0 saturated heterocycles. The van der Waals surface area contributed by atoms with Crippen LogP contribution in [0.25, 0.3) is 0 Å². The van der Waals surface area contributed by atoms with Crippen molar-refractivity contribution in [2.24, 2.45) is 5.73 Å². The van der Waals surface area contributed by atoms with Crippen molar-refractivity contribution in [2.45, 2.75) is 0 Å². The number of hydrogen-bond donors (Lipinski definition) is 2. The Morgan fingerprint density at radius 1 is 1.53 bits per heavy atom. The van der Waals surface area contributed by atoms with Gasteiger partial charge in [0.15, 0.2) is 0 Å². The van der Waals surface area contributed by atoms with Gasteiger partial charge in [0.25, 0.3) is 0 Å². The number of esters is 1. The van der Waals surface area contributed by atoms with E-state index in [1.54, 1.807) is 0 Å². The van der Waals surface area contributed by atoms with E-state index in [-0.39, 0.29) is 6.61 Å². The van der Waals surface area contributed by atoms with E-state index >= 15 is 0 Å². The lowest BCUT2D eigenvalue weighted by molar-refractivity contribution is 0.0600. The summed E-state index contributed by atoms with van der Waals surface area (Å²) in [5, 5.41) is 2.87. The molecule has 1 aromatic rings. The summed E-state index contributed by atoms with van der Waals surface area (Å²) in [5.41, 5.74) is 5.18. The molecule has 0 aliphatic carbocycles. The maximum absolute atomic E-state index is 11.2. The van der Waals surface area contributed by atoms with E-state index in [0.717, 1.165) is 0 Å². The van der Waals surface area contributed by atoms with Crippen LogP contribution in [-0.2, 0) is 9.47 Å². The Labute approximate surface area is 97.9 Å². The molecule has 0 aromatic carbocycles. The van der Waals surface area contributed by atoms with Gasteiger partial charge in [-0.05, 0) is 12.1 Å². The van der Waals surface area contributed by atoms with Gasteiger partial charge in [-0.25, -0.2) is 14.6 Å². The SMILES string of the molecule is COC(=O)c1ccnc(NCCOC(N)=O)c1. The molecule has 1 aromatic heterocycles. The topological polar surface area (TPSA) is 104 Å². The lowest BCUT2D eigenvalue weighted by Crippen LogP contribution is -2.18. The molecule has 0 aliphatic heterocycles. The van der Waals surface area contributed by atoms with E-state index in [1.807, 2.05) is 0 Å². The third-order valence-electron chi connectivity index (χ3n) is 1.83. The first-order valence-corrected chi connectivity index (χ1v) is 4.84. The van der Waals surface area contributed by atoms with Crippen molar-refractivity contribution in [2.75, 3.05) is 25.6 Å². The molecular weight excluding hydrogens is 226 g/mol. The van der Waals surface area contributed by atoms with E-state index in [9.17, 15) is 9.59 Å². The second-order valence-corrected chi connectivity index (χ2v) is 3.02. The number of methoxy groups -OCH3 is 1. The summed E-state index contributed by atoms with van der Waals surface area (Å²) in [6, 6.07) is 3.08. The van der Waals surface area contributed by atoms with E-state index < -0.39 is 12.1 Å². The summed E-state index contributed by atoms with van der Waals surface area (Å²) in [6.07, 6.45) is 0.645. The molecule has 0 saturated carbocycles. The lowest BCUT2D eigenvalue weighted by atomic mass is 10.2. The summed E-state index contributed by atoms with van der Waals surface area (Å²) in [6.45, 7) is 0.472. The number of pyridine rings is 1. The molecule has 0 spiro atoms. The first-order valence-electron chi connectivity index (χ1n) is 4.84. The maximum Gasteiger partial charge on any atom is 0.404 e. The molecule has 1 heterocycles. The van der Waals surface area contributed by atoms with Crippen LogP contribution >= 0.6 is 0 Å². The average molecular weight is 239 g/mol. The number of aromatic nitrogens is 1. The highest BCUT2D eigenvalue weighted by atomic mass is 16.5. The van der Waals surface area contributed by atoms with Gasteiger partial charge in [-0.2, -0.15) is 0 Å². The molecule has 0 fully saturated rings. The van der Waals surface area contributed by atoms with Crippen LogP contribution in [0.5, 0.6) is 0 Å². The Bertz CT molecular complexity index is 408. The summed E-state index contributed by atoms with van der Waals surface area (Å²) in [4.78, 5) is 25.5. The van der Waals surface area contributed by atoms with Crippen molar-refractivity contribution in [3.8, 4) is 0 Å². The van der Waals surface area contributed by atoms with Crippen molar-refractivity contribution in [1.29, 1.82) is 0 Å². The normalized spacial score (nSPS) is 9.47. The molecule has 0 bridgehead atoms. The number of rotatable bonds is 5. The van der Waals surface area contributed by atoms with Gasteiger partial charge in [-0.3, -0.25) is 0 Å². The van der Waals surface area contributed by atoms with Gasteiger partial charge in [0.05, 0.1) is 19.2 Å². The molecular formula is C10H13N3O4. The first-order chi connectivity index (χ1) is 8.13. The van der Waals surface area contributed by atoms with Crippen LogP contribution in [0.3, 0.4) is 0 Å². The van der Waals surface area contributed by atoms with Crippen LogP contribution < -0.4 is 11.1 Å². The van der Waals surface area contributed by atoms with Gasteiger partial charge in [-0.1, -0.05) is 0 Å². The summed E-state index contributed by atoms with van der Waals surface area (Å²) in [5.74, 6) is 0.0461. The van der Waals surface area contributed by atoms with E-state index in [2.05, 4.69) is 19.8 Å². The Morgan fingerprint density at radius 3 is 2.94 bits per heavy atom. The number of carbonyl (C=O) groups is 2. The van der Waals surface area contributed by atoms with Gasteiger partial charge in [0, 0.05) is 6.20 Å². The molecule has 1 rings (SSSR count). The van der Waals surface area contributed by atoms with Crippen LogP contribution in [0.15, 0.2) is 18.3 Å². The molecule has 92 valence electrons. The van der Waals surface area contributed by atoms with Crippen LogP contribution in [0.2, 0.25) is 0 Å². The Morgan fingerprint density at radius 2 is 2.29 bits per heavy atom. The zero-order valence-corrected chi connectivity index (χ0v) is 9.30. The van der Waals surface area contributed by atoms with Crippen molar-refractivity contribution in [3.05, 3.63) is 23.9 Å². The third-order valence-corrected chi connectivity index (χ3v) is 1.83. The number of amides is 1. The number of carbonyl (C=O) groups excluding carboxylic acids is 2. The smallest absolute Gasteiger partial charge is 0.404 e. The molecule has 7 heteroatoms. The fourth-order valence-electron chi connectivity index (χ4n) is 1.10. The van der Waals surface area contributed by atoms with E-state index in [4.69, 9.17) is 5.73 Å². The van der Waals surface area contributed by atoms with Crippen molar-refractivity contribution < 1.29 is 19.1 Å². The molecule has 0 unspecified atom stereocenters. The standard InChI is InChI=1S/C10H13N3O4/c1-16-9(14)7-2-3-12-8(6-7)13-4-5-17-10(11)15/h2-3,6H,4-5H2,1H3,(H2,11,15)(H,12,13).